The van der Waals surface area contributed by atoms with E-state index in [0.717, 1.165) is 18.2 Å². The van der Waals surface area contributed by atoms with Gasteiger partial charge in [-0.15, -0.1) is 12.4 Å². The first kappa shape index (κ1) is 16.1. The average Bonchev–Trinajstić information content (AvgIpc) is 2.14. The van der Waals surface area contributed by atoms with Gasteiger partial charge in [-0.25, -0.2) is 0 Å². The van der Waals surface area contributed by atoms with Crippen LogP contribution in [0.25, 0.3) is 0 Å². The predicted molar refractivity (Wildman–Crippen MR) is 51.7 cm³/mol. The van der Waals surface area contributed by atoms with Gasteiger partial charge in [0, 0.05) is 0 Å². The van der Waals surface area contributed by atoms with Crippen molar-refractivity contribution in [3.8, 4) is 0 Å². The summed E-state index contributed by atoms with van der Waals surface area (Å²) in [5.74, 6) is 0. The van der Waals surface area contributed by atoms with Crippen molar-refractivity contribution < 1.29 is 26.3 Å². The van der Waals surface area contributed by atoms with E-state index in [9.17, 15) is 26.3 Å². The minimum atomic E-state index is -4.90. The fourth-order valence-corrected chi connectivity index (χ4v) is 1.20. The van der Waals surface area contributed by atoms with Crippen molar-refractivity contribution in [1.29, 1.82) is 0 Å². The maximum absolute atomic E-state index is 12.4. The van der Waals surface area contributed by atoms with Crippen molar-refractivity contribution >= 4 is 12.4 Å². The zero-order valence-corrected chi connectivity index (χ0v) is 8.96. The molecule has 0 radical (unpaired) electrons. The van der Waals surface area contributed by atoms with Gasteiger partial charge >= 0.3 is 12.4 Å². The van der Waals surface area contributed by atoms with Crippen LogP contribution in [0.2, 0.25) is 0 Å². The zero-order chi connectivity index (χ0) is 12.6. The van der Waals surface area contributed by atoms with Crippen LogP contribution < -0.4 is 5.73 Å². The molecule has 1 rings (SSSR count). The molecule has 0 saturated heterocycles. The quantitative estimate of drug-likeness (QED) is 0.780. The highest BCUT2D eigenvalue weighted by atomic mass is 35.5. The van der Waals surface area contributed by atoms with Crippen molar-refractivity contribution in [2.75, 3.05) is 0 Å². The zero-order valence-electron chi connectivity index (χ0n) is 8.14. The third kappa shape index (κ3) is 3.78. The lowest BCUT2D eigenvalue weighted by molar-refractivity contribution is -0.155. The molecule has 0 spiro atoms. The monoisotopic (exact) mass is 279 g/mol. The Labute approximate surface area is 99.0 Å². The van der Waals surface area contributed by atoms with Crippen molar-refractivity contribution in [1.82, 2.24) is 0 Å². The second kappa shape index (κ2) is 5.14. The van der Waals surface area contributed by atoms with Gasteiger partial charge in [-0.3, -0.25) is 0 Å². The highest BCUT2D eigenvalue weighted by molar-refractivity contribution is 5.85. The van der Waals surface area contributed by atoms with Crippen molar-refractivity contribution in [3.05, 3.63) is 35.4 Å². The number of hydrogen-bond acceptors (Lipinski definition) is 1. The van der Waals surface area contributed by atoms with Crippen LogP contribution in [-0.4, -0.2) is 6.18 Å². The Kier molecular flexibility index (Phi) is 4.85. The fraction of sp³-hybridized carbons (Fsp3) is 0.333. The molecule has 98 valence electrons. The summed E-state index contributed by atoms with van der Waals surface area (Å²) >= 11 is 0. The lowest BCUT2D eigenvalue weighted by atomic mass is 10.0. The van der Waals surface area contributed by atoms with Gasteiger partial charge < -0.3 is 5.73 Å². The molecule has 2 N–H and O–H groups in total. The molecule has 1 nitrogen and oxygen atoms in total. The van der Waals surface area contributed by atoms with E-state index in [1.807, 2.05) is 0 Å². The molecule has 0 bridgehead atoms. The lowest BCUT2D eigenvalue weighted by Gasteiger charge is -2.20. The van der Waals surface area contributed by atoms with Gasteiger partial charge in [0.1, 0.15) is 6.04 Å². The first-order chi connectivity index (χ1) is 7.14. The molecule has 17 heavy (non-hydrogen) atoms. The van der Waals surface area contributed by atoms with Crippen molar-refractivity contribution in [3.63, 3.8) is 0 Å². The van der Waals surface area contributed by atoms with Gasteiger partial charge in [0.05, 0.1) is 5.56 Å². The van der Waals surface area contributed by atoms with Crippen LogP contribution in [0.5, 0.6) is 0 Å². The fourth-order valence-electron chi connectivity index (χ4n) is 1.20. The maximum atomic E-state index is 12.4. The molecule has 0 aliphatic heterocycles. The average molecular weight is 280 g/mol. The molecule has 1 atom stereocenters. The number of benzene rings is 1. The number of halogens is 7. The molecule has 1 aromatic rings. The van der Waals surface area contributed by atoms with Crippen LogP contribution in [0, 0.1) is 0 Å². The Balaban J connectivity index is 0.00000256. The molecule has 0 heterocycles. The summed E-state index contributed by atoms with van der Waals surface area (Å²) in [6.07, 6.45) is -9.75. The standard InChI is InChI=1S/C9H7F6N.ClH/c10-8(11,12)6-4-2-1-3-5(6)7(16)9(13,14)15;/h1-4,7H,16H2;1H. The van der Waals surface area contributed by atoms with Crippen LogP contribution in [0.1, 0.15) is 17.2 Å². The van der Waals surface area contributed by atoms with Gasteiger partial charge in [0.2, 0.25) is 0 Å². The third-order valence-electron chi connectivity index (χ3n) is 1.95. The van der Waals surface area contributed by atoms with E-state index < -0.39 is 29.5 Å². The topological polar surface area (TPSA) is 26.0 Å². The van der Waals surface area contributed by atoms with E-state index in [1.54, 1.807) is 0 Å². The number of hydrogen-bond donors (Lipinski definition) is 1. The van der Waals surface area contributed by atoms with Crippen LogP contribution in [0.15, 0.2) is 24.3 Å². The largest absolute Gasteiger partial charge is 0.416 e. The third-order valence-corrected chi connectivity index (χ3v) is 1.95. The summed E-state index contributed by atoms with van der Waals surface area (Å²) < 4.78 is 73.8. The van der Waals surface area contributed by atoms with Crippen LogP contribution in [-0.2, 0) is 6.18 Å². The molecule has 0 saturated carbocycles. The SMILES string of the molecule is Cl.NC(c1ccccc1C(F)(F)F)C(F)(F)F. The van der Waals surface area contributed by atoms with E-state index in [-0.39, 0.29) is 12.4 Å². The van der Waals surface area contributed by atoms with E-state index in [0.29, 0.717) is 6.07 Å². The Hall–Kier alpha value is -0.950. The normalized spacial score (nSPS) is 14.1. The van der Waals surface area contributed by atoms with Crippen LogP contribution >= 0.6 is 12.4 Å². The van der Waals surface area contributed by atoms with Crippen molar-refractivity contribution in [2.24, 2.45) is 5.73 Å². The lowest BCUT2D eigenvalue weighted by Crippen LogP contribution is -2.30. The number of rotatable bonds is 1. The minimum absolute atomic E-state index is 0. The Morgan fingerprint density at radius 3 is 1.82 bits per heavy atom. The summed E-state index contributed by atoms with van der Waals surface area (Å²) in [7, 11) is 0. The van der Waals surface area contributed by atoms with Gasteiger partial charge in [-0.2, -0.15) is 26.3 Å². The molecule has 1 unspecified atom stereocenters. The van der Waals surface area contributed by atoms with E-state index >= 15 is 0 Å². The molecule has 0 aromatic heterocycles. The highest BCUT2D eigenvalue weighted by Gasteiger charge is 2.43. The molecule has 0 amide bonds. The molecule has 8 heteroatoms. The predicted octanol–water partition coefficient (Wildman–Crippen LogP) is 3.69. The molecular weight excluding hydrogens is 272 g/mol. The van der Waals surface area contributed by atoms with Gasteiger partial charge in [0.15, 0.2) is 0 Å². The molecule has 0 aliphatic carbocycles. The summed E-state index contributed by atoms with van der Waals surface area (Å²) in [6, 6.07) is 0.748. The first-order valence-corrected chi connectivity index (χ1v) is 4.12. The minimum Gasteiger partial charge on any atom is -0.316 e. The Morgan fingerprint density at radius 1 is 0.941 bits per heavy atom. The molecule has 0 fully saturated rings. The number of alkyl halides is 6. The van der Waals surface area contributed by atoms with E-state index in [2.05, 4.69) is 0 Å². The van der Waals surface area contributed by atoms with Crippen molar-refractivity contribution in [2.45, 2.75) is 18.4 Å². The second-order valence-electron chi connectivity index (χ2n) is 3.10. The maximum Gasteiger partial charge on any atom is 0.416 e. The highest BCUT2D eigenvalue weighted by Crippen LogP contribution is 2.38. The summed E-state index contributed by atoms with van der Waals surface area (Å²) in [4.78, 5) is 0. The van der Waals surface area contributed by atoms with Crippen LogP contribution in [0.3, 0.4) is 0 Å². The van der Waals surface area contributed by atoms with E-state index in [1.165, 1.54) is 0 Å². The number of nitrogens with two attached hydrogens (primary N) is 1. The first-order valence-electron chi connectivity index (χ1n) is 4.12. The molecule has 1 aromatic carbocycles. The van der Waals surface area contributed by atoms with E-state index in [4.69, 9.17) is 5.73 Å². The second-order valence-corrected chi connectivity index (χ2v) is 3.10. The molecule has 0 aliphatic rings. The summed E-state index contributed by atoms with van der Waals surface area (Å²) in [6.45, 7) is 0. The smallest absolute Gasteiger partial charge is 0.316 e. The van der Waals surface area contributed by atoms with Gasteiger partial charge in [-0.1, -0.05) is 18.2 Å². The van der Waals surface area contributed by atoms with Crippen LogP contribution in [0.4, 0.5) is 26.3 Å². The van der Waals surface area contributed by atoms with Gasteiger partial charge in [0.25, 0.3) is 0 Å². The summed E-state index contributed by atoms with van der Waals surface area (Å²) in [5.41, 5.74) is 2.41. The molecular formula is C9H8ClF6N. The Morgan fingerprint density at radius 2 is 1.41 bits per heavy atom. The Bertz CT molecular complexity index is 372. The summed E-state index contributed by atoms with van der Waals surface area (Å²) in [5, 5.41) is 0. The van der Waals surface area contributed by atoms with Gasteiger partial charge in [-0.05, 0) is 11.6 Å².